The Kier molecular flexibility index (Phi) is 6.91. The molecule has 0 unspecified atom stereocenters. The Morgan fingerprint density at radius 1 is 1.10 bits per heavy atom. The minimum atomic E-state index is -0.623. The van der Waals surface area contributed by atoms with Crippen LogP contribution in [-0.2, 0) is 16.1 Å². The number of benzene rings is 1. The van der Waals surface area contributed by atoms with Crippen LogP contribution in [0.25, 0.3) is 0 Å². The molecule has 0 spiro atoms. The lowest BCUT2D eigenvalue weighted by Gasteiger charge is -2.35. The van der Waals surface area contributed by atoms with Crippen LogP contribution in [0.15, 0.2) is 41.1 Å². The van der Waals surface area contributed by atoms with Gasteiger partial charge in [0.05, 0.1) is 12.1 Å². The lowest BCUT2D eigenvalue weighted by atomic mass is 9.82. The summed E-state index contributed by atoms with van der Waals surface area (Å²) in [6, 6.07) is 8.77. The van der Waals surface area contributed by atoms with E-state index < -0.39 is 17.8 Å². The van der Waals surface area contributed by atoms with Gasteiger partial charge in [-0.05, 0) is 45.6 Å². The summed E-state index contributed by atoms with van der Waals surface area (Å²) < 4.78 is 16.0. The van der Waals surface area contributed by atoms with E-state index in [4.69, 9.17) is 13.9 Å². The van der Waals surface area contributed by atoms with Crippen molar-refractivity contribution in [2.24, 2.45) is 0 Å². The van der Waals surface area contributed by atoms with E-state index in [1.165, 1.54) is 6.39 Å². The molecule has 1 fully saturated rings. The van der Waals surface area contributed by atoms with Crippen molar-refractivity contribution in [1.82, 2.24) is 20.8 Å². The van der Waals surface area contributed by atoms with Crippen molar-refractivity contribution < 1.29 is 23.5 Å². The third-order valence-electron chi connectivity index (χ3n) is 4.79. The zero-order valence-electron chi connectivity index (χ0n) is 17.5. The quantitative estimate of drug-likeness (QED) is 0.766. The van der Waals surface area contributed by atoms with Gasteiger partial charge < -0.3 is 24.5 Å². The van der Waals surface area contributed by atoms with Crippen LogP contribution in [0, 0.1) is 0 Å². The van der Waals surface area contributed by atoms with E-state index in [1.54, 1.807) is 20.8 Å². The fourth-order valence-electron chi connectivity index (χ4n) is 3.46. The zero-order chi connectivity index (χ0) is 21.6. The molecule has 0 saturated heterocycles. The first kappa shape index (κ1) is 21.6. The molecule has 0 aliphatic heterocycles. The van der Waals surface area contributed by atoms with Gasteiger partial charge in [-0.25, -0.2) is 9.59 Å². The fraction of sp³-hybridized carbons (Fsp3) is 0.524. The van der Waals surface area contributed by atoms with Crippen LogP contribution in [0.1, 0.15) is 57.4 Å². The molecule has 1 saturated carbocycles. The van der Waals surface area contributed by atoms with Crippen LogP contribution in [0.4, 0.5) is 9.59 Å². The van der Waals surface area contributed by atoms with E-state index in [9.17, 15) is 9.59 Å². The number of amides is 2. The number of aromatic nitrogens is 2. The number of nitrogens with zero attached hydrogens (tertiary/aromatic N) is 2. The molecule has 9 heteroatoms. The summed E-state index contributed by atoms with van der Waals surface area (Å²) in [5.41, 5.74) is 0.276. The highest BCUT2D eigenvalue weighted by atomic mass is 16.6. The van der Waals surface area contributed by atoms with Crippen LogP contribution in [-0.4, -0.2) is 40.1 Å². The number of ether oxygens (including phenoxy) is 2. The highest BCUT2D eigenvalue weighted by Crippen LogP contribution is 2.32. The summed E-state index contributed by atoms with van der Waals surface area (Å²) >= 11 is 0. The predicted molar refractivity (Wildman–Crippen MR) is 108 cm³/mol. The largest absolute Gasteiger partial charge is 0.445 e. The van der Waals surface area contributed by atoms with E-state index in [0.29, 0.717) is 18.7 Å². The summed E-state index contributed by atoms with van der Waals surface area (Å²) in [5.74, 6) is 0.516. The van der Waals surface area contributed by atoms with Crippen molar-refractivity contribution in [3.8, 4) is 0 Å². The molecular weight excluding hydrogens is 388 g/mol. The Labute approximate surface area is 175 Å². The average molecular weight is 416 g/mol. The van der Waals surface area contributed by atoms with E-state index >= 15 is 0 Å². The maximum atomic E-state index is 12.3. The summed E-state index contributed by atoms with van der Waals surface area (Å²) in [5, 5.41) is 13.5. The summed E-state index contributed by atoms with van der Waals surface area (Å²) in [6.45, 7) is 5.57. The second kappa shape index (κ2) is 9.60. The van der Waals surface area contributed by atoms with Gasteiger partial charge >= 0.3 is 12.2 Å². The first-order chi connectivity index (χ1) is 14.3. The second-order valence-corrected chi connectivity index (χ2v) is 8.35. The van der Waals surface area contributed by atoms with Gasteiger partial charge in [-0.2, -0.15) is 0 Å². The number of rotatable bonds is 5. The second-order valence-electron chi connectivity index (χ2n) is 8.35. The maximum Gasteiger partial charge on any atom is 0.407 e. The molecule has 2 amide bonds. The molecule has 1 aliphatic carbocycles. The zero-order valence-corrected chi connectivity index (χ0v) is 17.5. The highest BCUT2D eigenvalue weighted by Gasteiger charge is 2.36. The Bertz CT molecular complexity index is 820. The molecule has 2 aromatic rings. The lowest BCUT2D eigenvalue weighted by molar-refractivity contribution is 0.0468. The van der Waals surface area contributed by atoms with Crippen LogP contribution < -0.4 is 10.6 Å². The normalized spacial score (nSPS) is 21.5. The predicted octanol–water partition coefficient (Wildman–Crippen LogP) is 3.53. The van der Waals surface area contributed by atoms with Gasteiger partial charge in [-0.15, -0.1) is 10.2 Å². The topological polar surface area (TPSA) is 116 Å². The van der Waals surface area contributed by atoms with Crippen molar-refractivity contribution in [1.29, 1.82) is 0 Å². The Morgan fingerprint density at radius 3 is 2.50 bits per heavy atom. The Balaban J connectivity index is 1.61. The minimum Gasteiger partial charge on any atom is -0.445 e. The molecular formula is C21H28N4O5. The number of alkyl carbamates (subject to hydrolysis) is 2. The monoisotopic (exact) mass is 416 g/mol. The smallest absolute Gasteiger partial charge is 0.407 e. The van der Waals surface area contributed by atoms with E-state index in [2.05, 4.69) is 20.8 Å². The summed E-state index contributed by atoms with van der Waals surface area (Å²) in [4.78, 5) is 24.7. The number of hydrogen-bond donors (Lipinski definition) is 2. The van der Waals surface area contributed by atoms with Gasteiger partial charge in [0.2, 0.25) is 12.3 Å². The van der Waals surface area contributed by atoms with Gasteiger partial charge in [0.1, 0.15) is 12.2 Å². The lowest BCUT2D eigenvalue weighted by Crippen LogP contribution is -2.55. The number of nitrogens with one attached hydrogen (secondary N) is 2. The van der Waals surface area contributed by atoms with E-state index in [-0.39, 0.29) is 24.6 Å². The Morgan fingerprint density at radius 2 is 1.83 bits per heavy atom. The first-order valence-corrected chi connectivity index (χ1v) is 10.0. The van der Waals surface area contributed by atoms with Crippen molar-refractivity contribution in [2.75, 3.05) is 0 Å². The minimum absolute atomic E-state index is 0.00849. The molecule has 3 atom stereocenters. The molecule has 1 aliphatic rings. The third kappa shape index (κ3) is 6.47. The highest BCUT2D eigenvalue weighted by molar-refractivity contribution is 5.70. The van der Waals surface area contributed by atoms with Crippen molar-refractivity contribution in [3.05, 3.63) is 48.2 Å². The molecule has 162 valence electrons. The van der Waals surface area contributed by atoms with Crippen molar-refractivity contribution >= 4 is 12.2 Å². The van der Waals surface area contributed by atoms with Gasteiger partial charge in [0.25, 0.3) is 0 Å². The molecule has 30 heavy (non-hydrogen) atoms. The molecule has 3 rings (SSSR count). The van der Waals surface area contributed by atoms with Gasteiger partial charge in [-0.3, -0.25) is 0 Å². The number of carbonyl (C=O) groups excluding carboxylic acids is 2. The molecule has 0 bridgehead atoms. The van der Waals surface area contributed by atoms with Crippen LogP contribution >= 0.6 is 0 Å². The van der Waals surface area contributed by atoms with Gasteiger partial charge in [0.15, 0.2) is 0 Å². The fourth-order valence-corrected chi connectivity index (χ4v) is 3.46. The van der Waals surface area contributed by atoms with Crippen LogP contribution in [0.5, 0.6) is 0 Å². The molecule has 1 aromatic heterocycles. The molecule has 9 nitrogen and oxygen atoms in total. The molecule has 0 radical (unpaired) electrons. The van der Waals surface area contributed by atoms with Crippen molar-refractivity contribution in [3.63, 3.8) is 0 Å². The van der Waals surface area contributed by atoms with Gasteiger partial charge in [0, 0.05) is 5.92 Å². The number of hydrogen-bond acceptors (Lipinski definition) is 7. The summed E-state index contributed by atoms with van der Waals surface area (Å²) in [6.07, 6.45) is 2.10. The van der Waals surface area contributed by atoms with Crippen LogP contribution in [0.3, 0.4) is 0 Å². The Hall–Kier alpha value is -3.10. The van der Waals surface area contributed by atoms with E-state index in [0.717, 1.165) is 12.0 Å². The maximum absolute atomic E-state index is 12.3. The standard InChI is InChI=1S/C21H28N4O5/c1-21(2,3)30-20(27)24-17-11-15(18-25-22-13-29-18)9-10-16(17)23-19(26)28-12-14-7-5-4-6-8-14/h4-8,13,15-17H,9-12H2,1-3H3,(H,23,26)(H,24,27)/t15-,16-,17+/m0/s1. The third-order valence-corrected chi connectivity index (χ3v) is 4.79. The number of carbonyl (C=O) groups is 2. The average Bonchev–Trinajstić information content (AvgIpc) is 3.22. The molecule has 1 heterocycles. The van der Waals surface area contributed by atoms with Gasteiger partial charge in [-0.1, -0.05) is 30.3 Å². The SMILES string of the molecule is CC(C)(C)OC(=O)N[C@@H]1C[C@@H](c2nnco2)CC[C@@H]1NC(=O)OCc1ccccc1. The van der Waals surface area contributed by atoms with Crippen molar-refractivity contribution in [2.45, 2.75) is 70.2 Å². The molecule has 2 N–H and O–H groups in total. The first-order valence-electron chi connectivity index (χ1n) is 10.0. The summed E-state index contributed by atoms with van der Waals surface area (Å²) in [7, 11) is 0. The molecule has 1 aromatic carbocycles. The van der Waals surface area contributed by atoms with E-state index in [1.807, 2.05) is 30.3 Å². The van der Waals surface area contributed by atoms with Crippen LogP contribution in [0.2, 0.25) is 0 Å².